The molecule has 0 aliphatic heterocycles. The van der Waals surface area contributed by atoms with E-state index in [4.69, 9.17) is 0 Å². The Morgan fingerprint density at radius 2 is 2.00 bits per heavy atom. The summed E-state index contributed by atoms with van der Waals surface area (Å²) >= 11 is 3.05. The van der Waals surface area contributed by atoms with Gasteiger partial charge in [-0.2, -0.15) is 13.2 Å². The van der Waals surface area contributed by atoms with E-state index in [2.05, 4.69) is 26.2 Å². The van der Waals surface area contributed by atoms with Gasteiger partial charge in [0.25, 0.3) is 5.91 Å². The van der Waals surface area contributed by atoms with Crippen molar-refractivity contribution in [2.45, 2.75) is 13.1 Å². The van der Waals surface area contributed by atoms with Gasteiger partial charge < -0.3 is 5.32 Å². The second-order valence-corrected chi connectivity index (χ2v) is 4.93. The molecule has 1 aromatic rings. The van der Waals surface area contributed by atoms with Gasteiger partial charge in [0.05, 0.1) is 5.69 Å². The van der Waals surface area contributed by atoms with Crippen molar-refractivity contribution in [2.75, 3.05) is 12.4 Å². The van der Waals surface area contributed by atoms with Gasteiger partial charge in [0.1, 0.15) is 11.5 Å². The quantitative estimate of drug-likeness (QED) is 0.488. The van der Waals surface area contributed by atoms with Gasteiger partial charge in [-0.1, -0.05) is 15.9 Å². The minimum atomic E-state index is -4.65. The van der Waals surface area contributed by atoms with Gasteiger partial charge >= 0.3 is 6.18 Å². The van der Waals surface area contributed by atoms with E-state index in [-0.39, 0.29) is 11.3 Å². The number of carbonyl (C=O) groups excluding carboxylic acids is 1. The van der Waals surface area contributed by atoms with Crippen molar-refractivity contribution < 1.29 is 22.4 Å². The molecule has 0 aliphatic carbocycles. The minimum Gasteiger partial charge on any atom is -0.320 e. The van der Waals surface area contributed by atoms with Crippen molar-refractivity contribution in [1.82, 2.24) is 0 Å². The van der Waals surface area contributed by atoms with Gasteiger partial charge in [-0.05, 0) is 31.2 Å². The van der Waals surface area contributed by atoms with E-state index in [0.29, 0.717) is 10.5 Å². The summed E-state index contributed by atoms with van der Waals surface area (Å²) in [6.45, 7) is 1.18. The molecule has 0 aliphatic rings. The van der Waals surface area contributed by atoms with Crippen molar-refractivity contribution in [3.05, 3.63) is 40.1 Å². The zero-order chi connectivity index (χ0) is 16.2. The van der Waals surface area contributed by atoms with Crippen LogP contribution in [0.4, 0.5) is 23.2 Å². The normalized spacial score (nSPS) is 13.3. The van der Waals surface area contributed by atoms with E-state index in [1.54, 1.807) is 0 Å². The molecule has 0 unspecified atom stereocenters. The fourth-order valence-electron chi connectivity index (χ4n) is 1.36. The molecule has 0 spiro atoms. The third-order valence-electron chi connectivity index (χ3n) is 2.42. The lowest BCUT2D eigenvalue weighted by atomic mass is 10.2. The Labute approximate surface area is 126 Å². The molecule has 3 nitrogen and oxygen atoms in total. The number of nitrogens with one attached hydrogen (secondary N) is 1. The number of benzene rings is 1. The van der Waals surface area contributed by atoms with Crippen LogP contribution in [-0.4, -0.2) is 24.8 Å². The maximum atomic E-state index is 13.5. The Morgan fingerprint density at radius 3 is 2.48 bits per heavy atom. The third-order valence-corrected chi connectivity index (χ3v) is 2.92. The lowest BCUT2D eigenvalue weighted by Crippen LogP contribution is -2.23. The lowest BCUT2D eigenvalue weighted by Gasteiger charge is -2.09. The number of nitrogens with zero attached hydrogens (tertiary/aromatic N) is 1. The van der Waals surface area contributed by atoms with E-state index in [1.807, 2.05) is 0 Å². The molecule has 0 saturated carbocycles. The first-order valence-corrected chi connectivity index (χ1v) is 6.43. The summed E-state index contributed by atoms with van der Waals surface area (Å²) in [6, 6.07) is 3.92. The number of amides is 1. The molecule has 1 aromatic carbocycles. The molecule has 1 rings (SSSR count). The van der Waals surface area contributed by atoms with Crippen molar-refractivity contribution in [1.29, 1.82) is 0 Å². The minimum absolute atomic E-state index is 0.127. The van der Waals surface area contributed by atoms with E-state index in [1.165, 1.54) is 19.1 Å². The highest BCUT2D eigenvalue weighted by Gasteiger charge is 2.33. The zero-order valence-electron chi connectivity index (χ0n) is 11.1. The Morgan fingerprint density at radius 1 is 1.38 bits per heavy atom. The number of rotatable bonds is 3. The number of hydrogen-bond donors (Lipinski definition) is 1. The predicted molar refractivity (Wildman–Crippen MR) is 75.9 cm³/mol. The molecule has 114 valence electrons. The van der Waals surface area contributed by atoms with Crippen LogP contribution in [0, 0.1) is 5.82 Å². The Bertz CT molecular complexity index is 609. The molecule has 0 heterocycles. The van der Waals surface area contributed by atoms with E-state index in [0.717, 1.165) is 13.1 Å². The van der Waals surface area contributed by atoms with Gasteiger partial charge in [-0.25, -0.2) is 4.39 Å². The van der Waals surface area contributed by atoms with Crippen LogP contribution in [0.15, 0.2) is 39.3 Å². The summed E-state index contributed by atoms with van der Waals surface area (Å²) in [6.07, 6.45) is -4.05. The van der Waals surface area contributed by atoms with E-state index in [9.17, 15) is 22.4 Å². The van der Waals surface area contributed by atoms with Crippen molar-refractivity contribution in [2.24, 2.45) is 4.99 Å². The number of anilines is 1. The molecule has 0 radical (unpaired) electrons. The Balaban J connectivity index is 2.93. The highest BCUT2D eigenvalue weighted by atomic mass is 79.9. The fourth-order valence-corrected chi connectivity index (χ4v) is 1.69. The first-order chi connectivity index (χ1) is 9.65. The highest BCUT2D eigenvalue weighted by Crippen LogP contribution is 2.21. The number of carbonyl (C=O) groups is 1. The van der Waals surface area contributed by atoms with Gasteiger partial charge in [0, 0.05) is 17.1 Å². The molecule has 0 saturated heterocycles. The topological polar surface area (TPSA) is 41.5 Å². The standard InChI is InChI=1S/C13H11BrF4N2O/c1-7(5-11(19-2)13(16,17)18)12(21)20-10-4-3-8(14)6-9(10)15/h3-6H,1-2H3,(H,20,21)/b7-5+,19-11?. The Kier molecular flexibility index (Phi) is 5.65. The van der Waals surface area contributed by atoms with E-state index >= 15 is 0 Å². The van der Waals surface area contributed by atoms with Gasteiger partial charge in [0.15, 0.2) is 0 Å². The summed E-state index contributed by atoms with van der Waals surface area (Å²) in [5, 5.41) is 2.19. The molecule has 0 bridgehead atoms. The number of allylic oxidation sites excluding steroid dienone is 1. The lowest BCUT2D eigenvalue weighted by molar-refractivity contribution is -0.112. The van der Waals surface area contributed by atoms with Crippen LogP contribution in [0.2, 0.25) is 0 Å². The number of halogens is 5. The molecule has 0 aromatic heterocycles. The molecule has 21 heavy (non-hydrogen) atoms. The summed E-state index contributed by atoms with van der Waals surface area (Å²) < 4.78 is 51.5. The molecular weight excluding hydrogens is 356 g/mol. The largest absolute Gasteiger partial charge is 0.432 e. The van der Waals surface area contributed by atoms with Crippen LogP contribution in [0.3, 0.4) is 0 Å². The SMILES string of the molecule is CN=C(/C=C(\C)C(=O)Nc1ccc(Br)cc1F)C(F)(F)F. The van der Waals surface area contributed by atoms with Crippen molar-refractivity contribution in [3.63, 3.8) is 0 Å². The maximum absolute atomic E-state index is 13.5. The van der Waals surface area contributed by atoms with E-state index < -0.39 is 23.6 Å². The summed E-state index contributed by atoms with van der Waals surface area (Å²) in [5.41, 5.74) is -1.56. The second-order valence-electron chi connectivity index (χ2n) is 4.01. The van der Waals surface area contributed by atoms with Gasteiger partial charge in [-0.3, -0.25) is 9.79 Å². The van der Waals surface area contributed by atoms with Crippen LogP contribution in [0.1, 0.15) is 6.92 Å². The van der Waals surface area contributed by atoms with Crippen LogP contribution in [0.25, 0.3) is 0 Å². The average molecular weight is 367 g/mol. The van der Waals surface area contributed by atoms with Crippen LogP contribution in [-0.2, 0) is 4.79 Å². The molecule has 1 N–H and O–H groups in total. The smallest absolute Gasteiger partial charge is 0.320 e. The molecular formula is C13H11BrF4N2O. The van der Waals surface area contributed by atoms with Crippen LogP contribution < -0.4 is 5.32 Å². The number of aliphatic imine (C=N–C) groups is 1. The second kappa shape index (κ2) is 6.84. The maximum Gasteiger partial charge on any atom is 0.432 e. The van der Waals surface area contributed by atoms with Gasteiger partial charge in [-0.15, -0.1) is 0 Å². The molecule has 8 heteroatoms. The summed E-state index contributed by atoms with van der Waals surface area (Å²) in [5.74, 6) is -1.55. The van der Waals surface area contributed by atoms with Crippen LogP contribution >= 0.6 is 15.9 Å². The average Bonchev–Trinajstić information content (AvgIpc) is 2.37. The fraction of sp³-hybridized carbons (Fsp3) is 0.231. The first kappa shape index (κ1) is 17.4. The number of alkyl halides is 3. The van der Waals surface area contributed by atoms with Gasteiger partial charge in [0.2, 0.25) is 0 Å². The van der Waals surface area contributed by atoms with Crippen molar-refractivity contribution >= 4 is 33.2 Å². The predicted octanol–water partition coefficient (Wildman–Crippen LogP) is 4.11. The monoisotopic (exact) mass is 366 g/mol. The molecule has 0 fully saturated rings. The number of hydrogen-bond acceptors (Lipinski definition) is 2. The molecule has 0 atom stereocenters. The summed E-state index contributed by atoms with van der Waals surface area (Å²) in [7, 11) is 0.971. The molecule has 1 amide bonds. The van der Waals surface area contributed by atoms with Crippen molar-refractivity contribution in [3.8, 4) is 0 Å². The zero-order valence-corrected chi connectivity index (χ0v) is 12.6. The van der Waals surface area contributed by atoms with Crippen LogP contribution in [0.5, 0.6) is 0 Å². The first-order valence-electron chi connectivity index (χ1n) is 5.64. The highest BCUT2D eigenvalue weighted by molar-refractivity contribution is 9.10. The Hall–Kier alpha value is -1.70. The third kappa shape index (κ3) is 4.96. The summed E-state index contributed by atoms with van der Waals surface area (Å²) in [4.78, 5) is 14.8.